The zero-order valence-corrected chi connectivity index (χ0v) is 12.1. The first kappa shape index (κ1) is 15.6. The summed E-state index contributed by atoms with van der Waals surface area (Å²) in [4.78, 5) is 5.98. The van der Waals surface area contributed by atoms with Gasteiger partial charge in [0.05, 0.1) is 18.3 Å². The van der Waals surface area contributed by atoms with E-state index < -0.39 is 17.8 Å². The van der Waals surface area contributed by atoms with Gasteiger partial charge in [-0.05, 0) is 31.4 Å². The molecule has 2 aliphatic heterocycles. The number of nitrogens with zero attached hydrogens (tertiary/aromatic N) is 2. The van der Waals surface area contributed by atoms with Crippen LogP contribution in [0.2, 0.25) is 0 Å². The Balaban J connectivity index is 1.78. The van der Waals surface area contributed by atoms with Gasteiger partial charge in [0.1, 0.15) is 5.82 Å². The number of halogens is 3. The van der Waals surface area contributed by atoms with Crippen LogP contribution in [0.1, 0.15) is 24.8 Å². The third kappa shape index (κ3) is 3.05. The molecule has 22 heavy (non-hydrogen) atoms. The van der Waals surface area contributed by atoms with Crippen LogP contribution in [0, 0.1) is 5.92 Å². The smallest absolute Gasteiger partial charge is 0.393 e. The summed E-state index contributed by atoms with van der Waals surface area (Å²) in [5.41, 5.74) is -0.743. The van der Waals surface area contributed by atoms with Crippen LogP contribution in [-0.4, -0.2) is 42.0 Å². The normalized spacial score (nSPS) is 29.8. The average Bonchev–Trinajstić information content (AvgIpc) is 2.96. The van der Waals surface area contributed by atoms with Crippen molar-refractivity contribution in [2.45, 2.75) is 37.6 Å². The van der Waals surface area contributed by atoms with Crippen molar-refractivity contribution in [1.29, 1.82) is 0 Å². The summed E-state index contributed by atoms with van der Waals surface area (Å²) in [7, 11) is 0. The van der Waals surface area contributed by atoms with E-state index in [-0.39, 0.29) is 12.0 Å². The van der Waals surface area contributed by atoms with E-state index in [1.807, 2.05) is 4.90 Å². The van der Waals surface area contributed by atoms with Gasteiger partial charge in [0.2, 0.25) is 0 Å². The molecule has 3 heterocycles. The number of aliphatic hydroxyl groups is 1. The topological polar surface area (TPSA) is 45.6 Å². The lowest BCUT2D eigenvalue weighted by Crippen LogP contribution is -2.46. The second-order valence-corrected chi connectivity index (χ2v) is 5.90. The fourth-order valence-electron chi connectivity index (χ4n) is 3.36. The molecule has 7 heteroatoms. The van der Waals surface area contributed by atoms with Crippen LogP contribution in [0.4, 0.5) is 19.0 Å². The van der Waals surface area contributed by atoms with E-state index in [1.54, 1.807) is 0 Å². The number of hydrogen-bond donors (Lipinski definition) is 1. The molecular formula is C15H19F3N2O2. The van der Waals surface area contributed by atoms with E-state index in [1.165, 1.54) is 6.07 Å². The predicted octanol–water partition coefficient (Wildman–Crippen LogP) is 2.47. The van der Waals surface area contributed by atoms with Crippen molar-refractivity contribution in [2.24, 2.45) is 5.92 Å². The number of aliphatic hydroxyl groups excluding tert-OH is 1. The number of ether oxygens (including phenoxy) is 1. The minimum atomic E-state index is -4.37. The quantitative estimate of drug-likeness (QED) is 0.910. The minimum absolute atomic E-state index is 0.0136. The van der Waals surface area contributed by atoms with Gasteiger partial charge in [0, 0.05) is 31.3 Å². The van der Waals surface area contributed by atoms with Gasteiger partial charge in [-0.2, -0.15) is 13.2 Å². The van der Waals surface area contributed by atoms with Gasteiger partial charge < -0.3 is 14.7 Å². The first-order valence-corrected chi connectivity index (χ1v) is 7.52. The van der Waals surface area contributed by atoms with E-state index in [2.05, 4.69) is 4.98 Å². The number of pyridine rings is 1. The van der Waals surface area contributed by atoms with Crippen molar-refractivity contribution < 1.29 is 23.0 Å². The van der Waals surface area contributed by atoms with Crippen molar-refractivity contribution >= 4 is 5.82 Å². The summed E-state index contributed by atoms with van der Waals surface area (Å²) in [6.45, 7) is 1.79. The molecule has 1 aromatic rings. The fourth-order valence-corrected chi connectivity index (χ4v) is 3.36. The summed E-state index contributed by atoms with van der Waals surface area (Å²) in [6, 6.07) is 2.54. The van der Waals surface area contributed by atoms with Gasteiger partial charge in [-0.25, -0.2) is 4.98 Å². The van der Waals surface area contributed by atoms with Crippen molar-refractivity contribution in [3.05, 3.63) is 23.9 Å². The third-order valence-electron chi connectivity index (χ3n) is 4.53. The van der Waals surface area contributed by atoms with Gasteiger partial charge in [-0.3, -0.25) is 0 Å². The molecular weight excluding hydrogens is 297 g/mol. The molecule has 4 nitrogen and oxygen atoms in total. The third-order valence-corrected chi connectivity index (χ3v) is 4.53. The monoisotopic (exact) mass is 316 g/mol. The highest BCUT2D eigenvalue weighted by molar-refractivity contribution is 5.42. The Morgan fingerprint density at radius 2 is 2.09 bits per heavy atom. The first-order chi connectivity index (χ1) is 10.5. The Morgan fingerprint density at radius 1 is 1.27 bits per heavy atom. The van der Waals surface area contributed by atoms with Crippen LogP contribution >= 0.6 is 0 Å². The summed E-state index contributed by atoms with van der Waals surface area (Å²) >= 11 is 0. The van der Waals surface area contributed by atoms with Crippen LogP contribution in [0.3, 0.4) is 0 Å². The van der Waals surface area contributed by atoms with Crippen molar-refractivity contribution in [3.8, 4) is 0 Å². The number of alkyl halides is 3. The maximum absolute atomic E-state index is 12.6. The van der Waals surface area contributed by atoms with Crippen molar-refractivity contribution in [1.82, 2.24) is 4.98 Å². The van der Waals surface area contributed by atoms with E-state index in [0.29, 0.717) is 25.5 Å². The van der Waals surface area contributed by atoms with Crippen LogP contribution in [0.5, 0.6) is 0 Å². The Bertz CT molecular complexity index is 507. The largest absolute Gasteiger partial charge is 0.417 e. The lowest BCUT2D eigenvalue weighted by Gasteiger charge is -2.37. The van der Waals surface area contributed by atoms with E-state index in [4.69, 9.17) is 4.74 Å². The van der Waals surface area contributed by atoms with Crippen LogP contribution < -0.4 is 4.90 Å². The maximum atomic E-state index is 12.6. The zero-order chi connectivity index (χ0) is 15.7. The highest BCUT2D eigenvalue weighted by Gasteiger charge is 2.38. The Hall–Kier alpha value is -1.34. The molecule has 1 N–H and O–H groups in total. The van der Waals surface area contributed by atoms with Crippen molar-refractivity contribution in [3.63, 3.8) is 0 Å². The highest BCUT2D eigenvalue weighted by atomic mass is 19.4. The van der Waals surface area contributed by atoms with Crippen LogP contribution in [0.15, 0.2) is 18.3 Å². The summed E-state index contributed by atoms with van der Waals surface area (Å²) in [5, 5.41) is 10.2. The summed E-state index contributed by atoms with van der Waals surface area (Å²) in [6.07, 6.45) is -1.48. The Labute approximate surface area is 126 Å². The van der Waals surface area contributed by atoms with Crippen LogP contribution in [-0.2, 0) is 10.9 Å². The summed E-state index contributed by atoms with van der Waals surface area (Å²) in [5.74, 6) is 0.522. The molecule has 2 fully saturated rings. The van der Waals surface area contributed by atoms with Gasteiger partial charge in [0.15, 0.2) is 0 Å². The molecule has 0 saturated carbocycles. The molecule has 2 saturated heterocycles. The molecule has 0 aromatic carbocycles. The molecule has 0 amide bonds. The summed E-state index contributed by atoms with van der Waals surface area (Å²) < 4.78 is 43.3. The predicted molar refractivity (Wildman–Crippen MR) is 74.5 cm³/mol. The molecule has 1 aromatic heterocycles. The van der Waals surface area contributed by atoms with Gasteiger partial charge in [0.25, 0.3) is 0 Å². The number of rotatable bonds is 2. The number of hydrogen-bond acceptors (Lipinski definition) is 4. The number of anilines is 1. The highest BCUT2D eigenvalue weighted by Crippen LogP contribution is 2.34. The molecule has 0 aliphatic carbocycles. The van der Waals surface area contributed by atoms with E-state index >= 15 is 0 Å². The second kappa shape index (κ2) is 6.04. The van der Waals surface area contributed by atoms with Crippen molar-refractivity contribution in [2.75, 3.05) is 24.7 Å². The molecule has 3 unspecified atom stereocenters. The molecule has 2 aliphatic rings. The standard InChI is InChI=1S/C15H19F3N2O2/c16-15(17,18)10-3-4-14(19-8-10)20-6-1-2-12(20)11-9-22-7-5-13(11)21/h3-4,8,11-13,21H,1-2,5-7,9H2. The van der Waals surface area contributed by atoms with Gasteiger partial charge in [-0.1, -0.05) is 0 Å². The van der Waals surface area contributed by atoms with Gasteiger partial charge in [-0.15, -0.1) is 0 Å². The first-order valence-electron chi connectivity index (χ1n) is 7.52. The Kier molecular flexibility index (Phi) is 4.27. The molecule has 0 bridgehead atoms. The molecule has 3 atom stereocenters. The molecule has 122 valence electrons. The SMILES string of the molecule is OC1CCOCC1C1CCCN1c1ccc(C(F)(F)F)cn1. The zero-order valence-electron chi connectivity index (χ0n) is 12.1. The Morgan fingerprint density at radius 3 is 2.73 bits per heavy atom. The fraction of sp³-hybridized carbons (Fsp3) is 0.667. The second-order valence-electron chi connectivity index (χ2n) is 5.90. The minimum Gasteiger partial charge on any atom is -0.393 e. The molecule has 0 radical (unpaired) electrons. The van der Waals surface area contributed by atoms with Gasteiger partial charge >= 0.3 is 6.18 Å². The van der Waals surface area contributed by atoms with E-state index in [9.17, 15) is 18.3 Å². The van der Waals surface area contributed by atoms with Crippen LogP contribution in [0.25, 0.3) is 0 Å². The average molecular weight is 316 g/mol. The lowest BCUT2D eigenvalue weighted by molar-refractivity contribution is -0.137. The number of aromatic nitrogens is 1. The molecule has 3 rings (SSSR count). The maximum Gasteiger partial charge on any atom is 0.417 e. The lowest BCUT2D eigenvalue weighted by atomic mass is 9.89. The molecule has 0 spiro atoms. The van der Waals surface area contributed by atoms with E-state index in [0.717, 1.165) is 31.6 Å².